The Bertz CT molecular complexity index is 1700. The number of fused-ring (bicyclic) bond motifs is 2. The van der Waals surface area contributed by atoms with Gasteiger partial charge in [-0.15, -0.1) is 0 Å². The highest BCUT2D eigenvalue weighted by Gasteiger charge is 2.26. The van der Waals surface area contributed by atoms with Crippen molar-refractivity contribution in [2.75, 3.05) is 30.0 Å². The Kier molecular flexibility index (Phi) is 5.91. The minimum atomic E-state index is 0.0421. The monoisotopic (exact) mass is 505 g/mol. The molecule has 0 radical (unpaired) electrons. The van der Waals surface area contributed by atoms with Crippen molar-refractivity contribution >= 4 is 28.0 Å². The lowest BCUT2D eigenvalue weighted by molar-refractivity contribution is 0.414. The van der Waals surface area contributed by atoms with E-state index in [4.69, 9.17) is 4.74 Å². The molecule has 0 bridgehead atoms. The van der Waals surface area contributed by atoms with Crippen molar-refractivity contribution in [3.63, 3.8) is 0 Å². The number of anilines is 3. The van der Waals surface area contributed by atoms with Crippen molar-refractivity contribution in [1.82, 2.24) is 14.3 Å². The van der Waals surface area contributed by atoms with Gasteiger partial charge >= 0.3 is 0 Å². The fraction of sp³-hybridized carbons (Fsp3) is 0.226. The second kappa shape index (κ2) is 9.41. The van der Waals surface area contributed by atoms with Crippen LogP contribution in [-0.4, -0.2) is 34.5 Å². The largest absolute Gasteiger partial charge is 0.497 e. The molecule has 6 rings (SSSR count). The van der Waals surface area contributed by atoms with Gasteiger partial charge in [0.15, 0.2) is 0 Å². The molecule has 1 aliphatic heterocycles. The Balaban J connectivity index is 1.47. The number of methoxy groups -OCH3 is 1. The van der Waals surface area contributed by atoms with Gasteiger partial charge in [0, 0.05) is 56.4 Å². The summed E-state index contributed by atoms with van der Waals surface area (Å²) in [6.45, 7) is 4.37. The van der Waals surface area contributed by atoms with E-state index in [1.165, 1.54) is 11.3 Å². The van der Waals surface area contributed by atoms with Gasteiger partial charge in [-0.2, -0.15) is 5.10 Å². The number of pyridine rings is 1. The van der Waals surface area contributed by atoms with E-state index in [0.29, 0.717) is 0 Å². The third-order valence-electron chi connectivity index (χ3n) is 7.49. The standard InChI is InChI=1S/C31H31N5O2/c1-21-16-26-27(34(3)31(21)37)6-5-7-28(26)36-15-14-35(19-22-8-11-25(38-4)12-9-22)30-17-23(10-13-29(30)36)24-18-32-33(2)20-24/h5-13,16-18,20H,14-15,19H2,1-4H3. The fourth-order valence-corrected chi connectivity index (χ4v) is 5.45. The van der Waals surface area contributed by atoms with E-state index in [-0.39, 0.29) is 5.56 Å². The molecule has 2 aromatic heterocycles. The van der Waals surface area contributed by atoms with Gasteiger partial charge in [0.2, 0.25) is 0 Å². The second-order valence-corrected chi connectivity index (χ2v) is 9.93. The predicted molar refractivity (Wildman–Crippen MR) is 154 cm³/mol. The summed E-state index contributed by atoms with van der Waals surface area (Å²) in [5.74, 6) is 0.860. The Morgan fingerprint density at radius 1 is 0.895 bits per heavy atom. The number of nitrogens with zero attached hydrogens (tertiary/aromatic N) is 5. The molecule has 38 heavy (non-hydrogen) atoms. The van der Waals surface area contributed by atoms with Crippen molar-refractivity contribution in [2.45, 2.75) is 13.5 Å². The van der Waals surface area contributed by atoms with Gasteiger partial charge in [0.1, 0.15) is 5.75 Å². The Hall–Kier alpha value is -4.52. The molecule has 0 unspecified atom stereocenters. The zero-order valence-corrected chi connectivity index (χ0v) is 22.2. The van der Waals surface area contributed by atoms with Crippen molar-refractivity contribution in [2.24, 2.45) is 14.1 Å². The molecule has 0 fully saturated rings. The molecule has 3 heterocycles. The van der Waals surface area contributed by atoms with E-state index in [9.17, 15) is 4.79 Å². The van der Waals surface area contributed by atoms with Crippen molar-refractivity contribution in [1.29, 1.82) is 0 Å². The van der Waals surface area contributed by atoms with Gasteiger partial charge in [-0.3, -0.25) is 9.48 Å². The van der Waals surface area contributed by atoms with Crippen molar-refractivity contribution in [3.05, 3.63) is 101 Å². The van der Waals surface area contributed by atoms with Crippen LogP contribution in [0, 0.1) is 6.92 Å². The highest BCUT2D eigenvalue weighted by molar-refractivity contribution is 5.97. The van der Waals surface area contributed by atoms with Crippen LogP contribution in [0.2, 0.25) is 0 Å². The van der Waals surface area contributed by atoms with Crippen LogP contribution >= 0.6 is 0 Å². The summed E-state index contributed by atoms with van der Waals surface area (Å²) in [6.07, 6.45) is 3.95. The number of hydrogen-bond acceptors (Lipinski definition) is 5. The first-order valence-corrected chi connectivity index (χ1v) is 12.8. The average Bonchev–Trinajstić information content (AvgIpc) is 3.38. The van der Waals surface area contributed by atoms with Gasteiger partial charge in [0.05, 0.1) is 35.9 Å². The van der Waals surface area contributed by atoms with Gasteiger partial charge in [0.25, 0.3) is 5.56 Å². The Labute approximate surface area is 222 Å². The molecule has 0 amide bonds. The molecule has 0 saturated heterocycles. The van der Waals surface area contributed by atoms with Gasteiger partial charge in [-0.1, -0.05) is 24.3 Å². The Morgan fingerprint density at radius 3 is 2.45 bits per heavy atom. The number of benzene rings is 3. The summed E-state index contributed by atoms with van der Waals surface area (Å²) >= 11 is 0. The molecule has 0 aliphatic carbocycles. The lowest BCUT2D eigenvalue weighted by Gasteiger charge is -2.40. The third kappa shape index (κ3) is 4.10. The van der Waals surface area contributed by atoms with Crippen molar-refractivity contribution in [3.8, 4) is 16.9 Å². The summed E-state index contributed by atoms with van der Waals surface area (Å²) in [7, 11) is 5.48. The first kappa shape index (κ1) is 23.9. The molecular weight excluding hydrogens is 474 g/mol. The highest BCUT2D eigenvalue weighted by Crippen LogP contribution is 2.42. The third-order valence-corrected chi connectivity index (χ3v) is 7.49. The van der Waals surface area contributed by atoms with E-state index in [0.717, 1.165) is 64.4 Å². The minimum absolute atomic E-state index is 0.0421. The van der Waals surface area contributed by atoms with E-state index >= 15 is 0 Å². The maximum absolute atomic E-state index is 12.6. The maximum Gasteiger partial charge on any atom is 0.253 e. The number of ether oxygens (including phenoxy) is 1. The Morgan fingerprint density at radius 2 is 1.71 bits per heavy atom. The maximum atomic E-state index is 12.6. The second-order valence-electron chi connectivity index (χ2n) is 9.93. The zero-order chi connectivity index (χ0) is 26.4. The molecule has 0 saturated carbocycles. The summed E-state index contributed by atoms with van der Waals surface area (Å²) in [6, 6.07) is 23.2. The fourth-order valence-electron chi connectivity index (χ4n) is 5.45. The van der Waals surface area contributed by atoms with Crippen LogP contribution in [0.25, 0.3) is 22.0 Å². The van der Waals surface area contributed by atoms with Crippen LogP contribution in [-0.2, 0) is 20.6 Å². The smallest absolute Gasteiger partial charge is 0.253 e. The van der Waals surface area contributed by atoms with E-state index in [1.54, 1.807) is 11.7 Å². The van der Waals surface area contributed by atoms with E-state index in [2.05, 4.69) is 51.3 Å². The van der Waals surface area contributed by atoms with Crippen LogP contribution < -0.4 is 20.1 Å². The van der Waals surface area contributed by atoms with Crippen molar-refractivity contribution < 1.29 is 4.74 Å². The van der Waals surface area contributed by atoms with Crippen LogP contribution in [0.15, 0.2) is 83.9 Å². The van der Waals surface area contributed by atoms with Gasteiger partial charge in [-0.25, -0.2) is 0 Å². The van der Waals surface area contributed by atoms with Crippen LogP contribution in [0.5, 0.6) is 5.75 Å². The van der Waals surface area contributed by atoms with Gasteiger partial charge < -0.3 is 19.1 Å². The van der Waals surface area contributed by atoms with Crippen LogP contribution in [0.1, 0.15) is 11.1 Å². The molecule has 3 aromatic carbocycles. The van der Waals surface area contributed by atoms with Gasteiger partial charge in [-0.05, 0) is 60.5 Å². The topological polar surface area (TPSA) is 55.5 Å². The minimum Gasteiger partial charge on any atom is -0.497 e. The average molecular weight is 506 g/mol. The molecule has 1 aliphatic rings. The summed E-state index contributed by atoms with van der Waals surface area (Å²) in [5, 5.41) is 5.46. The predicted octanol–water partition coefficient (Wildman–Crippen LogP) is 5.41. The molecule has 192 valence electrons. The molecule has 0 N–H and O–H groups in total. The first-order valence-electron chi connectivity index (χ1n) is 12.8. The number of rotatable bonds is 5. The zero-order valence-electron chi connectivity index (χ0n) is 22.2. The first-order chi connectivity index (χ1) is 18.4. The molecule has 5 aromatic rings. The summed E-state index contributed by atoms with van der Waals surface area (Å²) in [5.41, 5.74) is 8.62. The quantitative estimate of drug-likeness (QED) is 0.320. The van der Waals surface area contributed by atoms with E-state index in [1.807, 2.05) is 68.4 Å². The lowest BCUT2D eigenvalue weighted by atomic mass is 10.0. The lowest BCUT2D eigenvalue weighted by Crippen LogP contribution is -2.38. The molecule has 7 heteroatoms. The molecule has 7 nitrogen and oxygen atoms in total. The normalized spacial score (nSPS) is 13.2. The number of hydrogen-bond donors (Lipinski definition) is 0. The SMILES string of the molecule is COc1ccc(CN2CCN(c3cccc4c3cc(C)c(=O)n4C)c3ccc(-c4cnn(C)c4)cc32)cc1. The molecule has 0 spiro atoms. The number of aryl methyl sites for hydroxylation is 3. The summed E-state index contributed by atoms with van der Waals surface area (Å²) < 4.78 is 8.94. The number of aromatic nitrogens is 3. The molecule has 0 atom stereocenters. The highest BCUT2D eigenvalue weighted by atomic mass is 16.5. The van der Waals surface area contributed by atoms with E-state index < -0.39 is 0 Å². The summed E-state index contributed by atoms with van der Waals surface area (Å²) in [4.78, 5) is 17.5. The molecular formula is C31H31N5O2. The van der Waals surface area contributed by atoms with Crippen LogP contribution in [0.3, 0.4) is 0 Å². The van der Waals surface area contributed by atoms with Crippen LogP contribution in [0.4, 0.5) is 17.1 Å².